The molecule has 0 spiro atoms. The van der Waals surface area contributed by atoms with Crippen LogP contribution in [0.2, 0.25) is 0 Å². The summed E-state index contributed by atoms with van der Waals surface area (Å²) in [4.78, 5) is 9.21. The molecule has 0 aliphatic heterocycles. The summed E-state index contributed by atoms with van der Waals surface area (Å²) in [5.41, 5.74) is 2.45. The monoisotopic (exact) mass is 470 g/mol. The van der Waals surface area contributed by atoms with E-state index in [9.17, 15) is 0 Å². The molecule has 1 N–H and O–H groups in total. The largest absolute Gasteiger partial charge is 0.357 e. The number of hydrogen-bond acceptors (Lipinski definition) is 3. The van der Waals surface area contributed by atoms with Gasteiger partial charge in [-0.2, -0.15) is 5.10 Å². The van der Waals surface area contributed by atoms with E-state index in [-0.39, 0.29) is 30.0 Å². The van der Waals surface area contributed by atoms with Gasteiger partial charge in [0, 0.05) is 38.9 Å². The van der Waals surface area contributed by atoms with Crippen molar-refractivity contribution in [2.24, 2.45) is 12.0 Å². The lowest BCUT2D eigenvalue weighted by Crippen LogP contribution is -2.39. The molecule has 1 heterocycles. The lowest BCUT2D eigenvalue weighted by molar-refractivity contribution is 0.305. The Bertz CT molecular complexity index is 668. The zero-order valence-electron chi connectivity index (χ0n) is 16.4. The predicted octanol–water partition coefficient (Wildman–Crippen LogP) is 2.74. The maximum absolute atomic E-state index is 4.87. The van der Waals surface area contributed by atoms with E-state index in [4.69, 9.17) is 4.99 Å². The molecule has 0 amide bonds. The number of aryl methyl sites for hydroxylation is 1. The quantitative estimate of drug-likeness (QED) is 0.384. The lowest BCUT2D eigenvalue weighted by atomic mass is 10.1. The minimum absolute atomic E-state index is 0. The van der Waals surface area contributed by atoms with E-state index < -0.39 is 0 Å². The highest BCUT2D eigenvalue weighted by Crippen LogP contribution is 2.17. The third-order valence-corrected chi connectivity index (χ3v) is 4.11. The van der Waals surface area contributed by atoms with Crippen molar-refractivity contribution in [2.75, 3.05) is 34.2 Å². The Kier molecular flexibility index (Phi) is 9.64. The number of hydrogen-bond donors (Lipinski definition) is 1. The van der Waals surface area contributed by atoms with Crippen LogP contribution < -0.4 is 5.32 Å². The number of nitrogens with one attached hydrogen (secondary N) is 1. The van der Waals surface area contributed by atoms with Crippen LogP contribution in [0.4, 0.5) is 0 Å². The molecule has 0 aliphatic carbocycles. The topological polar surface area (TPSA) is 48.7 Å². The van der Waals surface area contributed by atoms with Crippen LogP contribution in [0, 0.1) is 0 Å². The normalized spacial score (nSPS) is 12.6. The molecule has 1 atom stereocenters. The van der Waals surface area contributed by atoms with Gasteiger partial charge in [-0.25, -0.2) is 0 Å². The fourth-order valence-electron chi connectivity index (χ4n) is 2.75. The maximum atomic E-state index is 4.87. The Morgan fingerprint density at radius 2 is 1.92 bits per heavy atom. The number of guanidine groups is 1. The molecule has 2 rings (SSSR count). The van der Waals surface area contributed by atoms with Gasteiger partial charge in [0.1, 0.15) is 0 Å². The van der Waals surface area contributed by atoms with Crippen molar-refractivity contribution < 1.29 is 0 Å². The molecule has 1 aromatic carbocycles. The number of benzene rings is 1. The molecule has 0 radical (unpaired) electrons. The molecule has 7 heteroatoms. The zero-order chi connectivity index (χ0) is 18.2. The van der Waals surface area contributed by atoms with Gasteiger partial charge < -0.3 is 15.1 Å². The first-order chi connectivity index (χ1) is 12.0. The van der Waals surface area contributed by atoms with Crippen LogP contribution in [0.5, 0.6) is 0 Å². The Morgan fingerprint density at radius 1 is 1.23 bits per heavy atom. The van der Waals surface area contributed by atoms with Gasteiger partial charge in [-0.15, -0.1) is 24.0 Å². The van der Waals surface area contributed by atoms with E-state index in [1.54, 1.807) is 0 Å². The van der Waals surface area contributed by atoms with Gasteiger partial charge in [0.25, 0.3) is 0 Å². The van der Waals surface area contributed by atoms with Gasteiger partial charge in [-0.05, 0) is 26.6 Å². The van der Waals surface area contributed by atoms with E-state index in [0.717, 1.165) is 19.0 Å². The number of aromatic nitrogens is 2. The average molecular weight is 470 g/mol. The van der Waals surface area contributed by atoms with Gasteiger partial charge in [0.2, 0.25) is 0 Å². The van der Waals surface area contributed by atoms with Crippen LogP contribution in [0.25, 0.3) is 0 Å². The number of halogens is 1. The summed E-state index contributed by atoms with van der Waals surface area (Å²) in [5, 5.41) is 7.68. The van der Waals surface area contributed by atoms with E-state index in [1.165, 1.54) is 11.1 Å². The van der Waals surface area contributed by atoms with Crippen molar-refractivity contribution in [3.63, 3.8) is 0 Å². The number of likely N-dealkylation sites (N-methyl/N-ethyl adjacent to an activating group) is 1. The first-order valence-electron chi connectivity index (χ1n) is 8.69. The van der Waals surface area contributed by atoms with Crippen molar-refractivity contribution in [1.29, 1.82) is 0 Å². The molecule has 1 unspecified atom stereocenters. The highest BCUT2D eigenvalue weighted by molar-refractivity contribution is 14.0. The van der Waals surface area contributed by atoms with Crippen LogP contribution in [-0.4, -0.2) is 59.8 Å². The molecule has 6 nitrogen and oxygen atoms in total. The number of aliphatic imine (C=N–C) groups is 1. The van der Waals surface area contributed by atoms with E-state index in [0.29, 0.717) is 6.54 Å². The van der Waals surface area contributed by atoms with Crippen molar-refractivity contribution in [1.82, 2.24) is 24.9 Å². The maximum Gasteiger partial charge on any atom is 0.194 e. The van der Waals surface area contributed by atoms with Gasteiger partial charge in [0.15, 0.2) is 5.96 Å². The van der Waals surface area contributed by atoms with E-state index in [2.05, 4.69) is 78.7 Å². The first kappa shape index (κ1) is 22.4. The van der Waals surface area contributed by atoms with Crippen molar-refractivity contribution in [2.45, 2.75) is 19.5 Å². The zero-order valence-corrected chi connectivity index (χ0v) is 18.7. The van der Waals surface area contributed by atoms with E-state index in [1.807, 2.05) is 24.0 Å². The third-order valence-electron chi connectivity index (χ3n) is 4.11. The summed E-state index contributed by atoms with van der Waals surface area (Å²) in [6.07, 6.45) is 3.97. The summed E-state index contributed by atoms with van der Waals surface area (Å²) >= 11 is 0. The second-order valence-electron chi connectivity index (χ2n) is 6.46. The molecule has 0 aliphatic rings. The minimum atomic E-state index is 0. The standard InChI is InChI=1S/C19H30N6.HI/c1-6-20-19(24(4)14-16-10-8-7-9-11-16)21-13-18(23(2)3)17-12-22-25(5)15-17;/h7-12,15,18H,6,13-14H2,1-5H3,(H,20,21);1H. The molecule has 1 aromatic heterocycles. The van der Waals surface area contributed by atoms with Crippen LogP contribution in [0.15, 0.2) is 47.7 Å². The van der Waals surface area contributed by atoms with E-state index >= 15 is 0 Å². The van der Waals surface area contributed by atoms with Crippen molar-refractivity contribution in [3.8, 4) is 0 Å². The molecule has 26 heavy (non-hydrogen) atoms. The summed E-state index contributed by atoms with van der Waals surface area (Å²) in [6.45, 7) is 4.44. The van der Waals surface area contributed by atoms with Gasteiger partial charge >= 0.3 is 0 Å². The van der Waals surface area contributed by atoms with Gasteiger partial charge in [-0.3, -0.25) is 9.67 Å². The second kappa shape index (κ2) is 11.2. The predicted molar refractivity (Wildman–Crippen MR) is 119 cm³/mol. The van der Waals surface area contributed by atoms with Crippen LogP contribution in [-0.2, 0) is 13.6 Å². The smallest absolute Gasteiger partial charge is 0.194 e. The lowest BCUT2D eigenvalue weighted by Gasteiger charge is -2.25. The van der Waals surface area contributed by atoms with Gasteiger partial charge in [0.05, 0.1) is 18.8 Å². The molecular formula is C19H31IN6. The first-order valence-corrected chi connectivity index (χ1v) is 8.69. The fourth-order valence-corrected chi connectivity index (χ4v) is 2.75. The molecule has 0 bridgehead atoms. The molecule has 2 aromatic rings. The Labute approximate surface area is 174 Å². The summed E-state index contributed by atoms with van der Waals surface area (Å²) in [7, 11) is 8.17. The number of rotatable bonds is 7. The Balaban J connectivity index is 0.00000338. The van der Waals surface area contributed by atoms with Crippen LogP contribution >= 0.6 is 24.0 Å². The summed E-state index contributed by atoms with van der Waals surface area (Å²) in [6, 6.07) is 10.7. The van der Waals surface area contributed by atoms with Crippen LogP contribution in [0.3, 0.4) is 0 Å². The second-order valence-corrected chi connectivity index (χ2v) is 6.46. The Hall–Kier alpha value is -1.61. The average Bonchev–Trinajstić information content (AvgIpc) is 3.00. The molecule has 0 saturated carbocycles. The van der Waals surface area contributed by atoms with Gasteiger partial charge in [-0.1, -0.05) is 30.3 Å². The van der Waals surface area contributed by atoms with Crippen LogP contribution in [0.1, 0.15) is 24.1 Å². The van der Waals surface area contributed by atoms with Crippen molar-refractivity contribution in [3.05, 3.63) is 53.9 Å². The van der Waals surface area contributed by atoms with Crippen molar-refractivity contribution >= 4 is 29.9 Å². The highest BCUT2D eigenvalue weighted by atomic mass is 127. The summed E-state index contributed by atoms with van der Waals surface area (Å²) < 4.78 is 1.84. The Morgan fingerprint density at radius 3 is 2.46 bits per heavy atom. The SMILES string of the molecule is CCNC(=NCC(c1cnn(C)c1)N(C)C)N(C)Cc1ccccc1.I. The fraction of sp³-hybridized carbons (Fsp3) is 0.474. The minimum Gasteiger partial charge on any atom is -0.357 e. The highest BCUT2D eigenvalue weighted by Gasteiger charge is 2.16. The molecule has 0 fully saturated rings. The summed E-state index contributed by atoms with van der Waals surface area (Å²) in [5.74, 6) is 0.919. The number of nitrogens with zero attached hydrogens (tertiary/aromatic N) is 5. The molecule has 0 saturated heterocycles. The molecule has 144 valence electrons. The third kappa shape index (κ3) is 6.60. The molecular weight excluding hydrogens is 439 g/mol.